The van der Waals surface area contributed by atoms with Gasteiger partial charge in [0, 0.05) is 17.0 Å². The molecule has 4 aromatic rings. The van der Waals surface area contributed by atoms with Crippen molar-refractivity contribution in [3.8, 4) is 17.2 Å². The van der Waals surface area contributed by atoms with Crippen LogP contribution in [0.4, 0.5) is 0 Å². The van der Waals surface area contributed by atoms with Gasteiger partial charge in [-0.2, -0.15) is 0 Å². The van der Waals surface area contributed by atoms with Crippen LogP contribution >= 0.6 is 0 Å². The maximum absolute atomic E-state index is 9.61. The third-order valence-corrected chi connectivity index (χ3v) is 4.60. The van der Waals surface area contributed by atoms with Gasteiger partial charge in [0.1, 0.15) is 30.5 Å². The number of nitrogens with zero attached hydrogens (tertiary/aromatic N) is 1. The number of rotatable bonds is 6. The Hall–Kier alpha value is -3.53. The van der Waals surface area contributed by atoms with Gasteiger partial charge in [0.05, 0.1) is 11.2 Å². The number of aromatic hydroxyl groups is 1. The van der Waals surface area contributed by atoms with Crippen LogP contribution in [-0.4, -0.2) is 10.1 Å². The van der Waals surface area contributed by atoms with Crippen molar-refractivity contribution in [3.63, 3.8) is 0 Å². The van der Waals surface area contributed by atoms with Crippen LogP contribution < -0.4 is 9.47 Å². The summed E-state index contributed by atoms with van der Waals surface area (Å²) in [5, 5.41) is 10.6. The molecule has 1 N–H and O–H groups in total. The normalized spacial score (nSPS) is 10.8. The molecule has 0 spiro atoms. The van der Waals surface area contributed by atoms with Crippen molar-refractivity contribution in [2.45, 2.75) is 20.1 Å². The molecule has 4 heteroatoms. The fourth-order valence-corrected chi connectivity index (χ4v) is 3.11. The van der Waals surface area contributed by atoms with Gasteiger partial charge in [-0.3, -0.25) is 0 Å². The lowest BCUT2D eigenvalue weighted by atomic mass is 10.1. The minimum absolute atomic E-state index is 0.174. The number of fused-ring (bicyclic) bond motifs is 1. The molecule has 0 saturated carbocycles. The van der Waals surface area contributed by atoms with Gasteiger partial charge in [0.2, 0.25) is 0 Å². The van der Waals surface area contributed by atoms with Gasteiger partial charge < -0.3 is 14.6 Å². The SMILES string of the molecule is Cc1c(COc2cccc(O)c2)nc2ccccc2c1OCc1ccccc1. The lowest BCUT2D eigenvalue weighted by Crippen LogP contribution is -2.05. The van der Waals surface area contributed by atoms with Crippen LogP contribution in [-0.2, 0) is 13.2 Å². The Morgan fingerprint density at radius 1 is 0.821 bits per heavy atom. The summed E-state index contributed by atoms with van der Waals surface area (Å²) in [6.07, 6.45) is 0. The molecule has 3 aromatic carbocycles. The lowest BCUT2D eigenvalue weighted by molar-refractivity contribution is 0.291. The van der Waals surface area contributed by atoms with E-state index in [0.29, 0.717) is 19.0 Å². The highest BCUT2D eigenvalue weighted by molar-refractivity contribution is 5.86. The summed E-state index contributed by atoms with van der Waals surface area (Å²) in [5.74, 6) is 1.60. The van der Waals surface area contributed by atoms with Gasteiger partial charge in [-0.1, -0.05) is 48.5 Å². The Morgan fingerprint density at radius 3 is 2.43 bits per heavy atom. The van der Waals surface area contributed by atoms with Gasteiger partial charge in [-0.05, 0) is 36.8 Å². The van der Waals surface area contributed by atoms with Crippen LogP contribution in [0.2, 0.25) is 0 Å². The van der Waals surface area contributed by atoms with Crippen LogP contribution in [0.1, 0.15) is 16.8 Å². The first-order chi connectivity index (χ1) is 13.7. The van der Waals surface area contributed by atoms with Crippen LogP contribution in [0.15, 0.2) is 78.9 Å². The molecule has 140 valence electrons. The van der Waals surface area contributed by atoms with E-state index < -0.39 is 0 Å². The number of hydrogen-bond donors (Lipinski definition) is 1. The fourth-order valence-electron chi connectivity index (χ4n) is 3.11. The molecule has 0 bridgehead atoms. The van der Waals surface area contributed by atoms with E-state index in [1.54, 1.807) is 18.2 Å². The first kappa shape index (κ1) is 17.9. The number of para-hydroxylation sites is 1. The molecule has 4 nitrogen and oxygen atoms in total. The number of phenolic OH excluding ortho intramolecular Hbond substituents is 1. The summed E-state index contributed by atoms with van der Waals surface area (Å²) in [6, 6.07) is 24.8. The highest BCUT2D eigenvalue weighted by Crippen LogP contribution is 2.31. The average Bonchev–Trinajstić information content (AvgIpc) is 2.72. The maximum atomic E-state index is 9.61. The van der Waals surface area contributed by atoms with E-state index in [4.69, 9.17) is 14.5 Å². The minimum Gasteiger partial charge on any atom is -0.508 e. The summed E-state index contributed by atoms with van der Waals surface area (Å²) in [7, 11) is 0. The van der Waals surface area contributed by atoms with Crippen LogP contribution in [0.5, 0.6) is 17.2 Å². The summed E-state index contributed by atoms with van der Waals surface area (Å²) < 4.78 is 12.1. The third kappa shape index (κ3) is 3.91. The smallest absolute Gasteiger partial charge is 0.134 e. The second kappa shape index (κ2) is 8.01. The maximum Gasteiger partial charge on any atom is 0.134 e. The van der Waals surface area contributed by atoms with Crippen molar-refractivity contribution in [2.75, 3.05) is 0 Å². The van der Waals surface area contributed by atoms with Crippen LogP contribution in [0.25, 0.3) is 10.9 Å². The number of pyridine rings is 1. The van der Waals surface area contributed by atoms with Gasteiger partial charge in [0.25, 0.3) is 0 Å². The van der Waals surface area contributed by atoms with Gasteiger partial charge in [-0.25, -0.2) is 4.98 Å². The second-order valence-electron chi connectivity index (χ2n) is 6.59. The molecular formula is C24H21NO3. The Morgan fingerprint density at radius 2 is 1.61 bits per heavy atom. The molecule has 4 rings (SSSR count). The summed E-state index contributed by atoms with van der Waals surface area (Å²) in [6.45, 7) is 2.78. The molecule has 0 radical (unpaired) electrons. The van der Waals surface area contributed by atoms with E-state index in [1.165, 1.54) is 0 Å². The summed E-state index contributed by atoms with van der Waals surface area (Å²) in [4.78, 5) is 4.76. The van der Waals surface area contributed by atoms with E-state index in [-0.39, 0.29) is 5.75 Å². The number of benzene rings is 3. The molecule has 0 aliphatic heterocycles. The predicted molar refractivity (Wildman–Crippen MR) is 110 cm³/mol. The number of ether oxygens (including phenoxy) is 2. The Balaban J connectivity index is 1.64. The van der Waals surface area contributed by atoms with Crippen molar-refractivity contribution in [3.05, 3.63) is 95.7 Å². The summed E-state index contributed by atoms with van der Waals surface area (Å²) >= 11 is 0. The van der Waals surface area contributed by atoms with Crippen molar-refractivity contribution >= 4 is 10.9 Å². The second-order valence-corrected chi connectivity index (χ2v) is 6.59. The molecule has 28 heavy (non-hydrogen) atoms. The molecule has 0 aliphatic carbocycles. The fraction of sp³-hybridized carbons (Fsp3) is 0.125. The van der Waals surface area contributed by atoms with Crippen LogP contribution in [0, 0.1) is 6.92 Å². The van der Waals surface area contributed by atoms with Gasteiger partial charge in [-0.15, -0.1) is 0 Å². The summed E-state index contributed by atoms with van der Waals surface area (Å²) in [5.41, 5.74) is 3.74. The molecule has 0 unspecified atom stereocenters. The average molecular weight is 371 g/mol. The number of phenols is 1. The molecule has 1 aromatic heterocycles. The van der Waals surface area contributed by atoms with Gasteiger partial charge in [0.15, 0.2) is 0 Å². The zero-order chi connectivity index (χ0) is 19.3. The monoisotopic (exact) mass is 371 g/mol. The zero-order valence-electron chi connectivity index (χ0n) is 15.6. The van der Waals surface area contributed by atoms with E-state index in [1.807, 2.05) is 67.6 Å². The van der Waals surface area contributed by atoms with E-state index in [2.05, 4.69) is 0 Å². The Kier molecular flexibility index (Phi) is 5.11. The molecular weight excluding hydrogens is 350 g/mol. The highest BCUT2D eigenvalue weighted by atomic mass is 16.5. The zero-order valence-corrected chi connectivity index (χ0v) is 15.6. The predicted octanol–water partition coefficient (Wildman–Crippen LogP) is 5.41. The van der Waals surface area contributed by atoms with Crippen molar-refractivity contribution < 1.29 is 14.6 Å². The first-order valence-corrected chi connectivity index (χ1v) is 9.17. The van der Waals surface area contributed by atoms with E-state index in [9.17, 15) is 5.11 Å². The van der Waals surface area contributed by atoms with E-state index >= 15 is 0 Å². The molecule has 0 amide bonds. The van der Waals surface area contributed by atoms with Gasteiger partial charge >= 0.3 is 0 Å². The molecule has 0 fully saturated rings. The largest absolute Gasteiger partial charge is 0.508 e. The van der Waals surface area contributed by atoms with Crippen molar-refractivity contribution in [2.24, 2.45) is 0 Å². The lowest BCUT2D eigenvalue weighted by Gasteiger charge is -2.16. The molecule has 1 heterocycles. The van der Waals surface area contributed by atoms with Crippen LogP contribution in [0.3, 0.4) is 0 Å². The standard InChI is InChI=1S/C24H21NO3/c1-17-23(16-27-20-11-7-10-19(26)14-20)25-22-13-6-5-12-21(22)24(17)28-15-18-8-3-2-4-9-18/h2-14,26H,15-16H2,1H3. The van der Waals surface area contributed by atoms with Crippen molar-refractivity contribution in [1.29, 1.82) is 0 Å². The molecule has 0 saturated heterocycles. The number of hydrogen-bond acceptors (Lipinski definition) is 4. The third-order valence-electron chi connectivity index (χ3n) is 4.60. The van der Waals surface area contributed by atoms with E-state index in [0.717, 1.165) is 33.5 Å². The topological polar surface area (TPSA) is 51.6 Å². The highest BCUT2D eigenvalue weighted by Gasteiger charge is 2.14. The quantitative estimate of drug-likeness (QED) is 0.493. The Labute approximate surface area is 164 Å². The first-order valence-electron chi connectivity index (χ1n) is 9.17. The molecule has 0 atom stereocenters. The number of aromatic nitrogens is 1. The Bertz CT molecular complexity index is 1090. The minimum atomic E-state index is 0.174. The molecule has 0 aliphatic rings. The van der Waals surface area contributed by atoms with Crippen molar-refractivity contribution in [1.82, 2.24) is 4.98 Å².